The molecular weight excluding hydrogens is 334 g/mol. The van der Waals surface area contributed by atoms with Crippen LogP contribution in [0.2, 0.25) is 0 Å². The fraction of sp³-hybridized carbons (Fsp3) is 0.600. The summed E-state index contributed by atoms with van der Waals surface area (Å²) in [7, 11) is 1.25. The van der Waals surface area contributed by atoms with Crippen LogP contribution in [0.15, 0.2) is 18.5 Å². The number of esters is 1. The number of hydrogen-bond donors (Lipinski definition) is 1. The number of nitrogens with zero attached hydrogens (tertiary/aromatic N) is 2. The van der Waals surface area contributed by atoms with Gasteiger partial charge < -0.3 is 9.29 Å². The number of hydrogen-bond acceptors (Lipinski definition) is 7. The van der Waals surface area contributed by atoms with Crippen LogP contribution in [-0.2, 0) is 26.4 Å². The fourth-order valence-electron chi connectivity index (χ4n) is 1.86. The van der Waals surface area contributed by atoms with Crippen LogP contribution < -0.4 is 4.72 Å². The zero-order chi connectivity index (χ0) is 18.5. The molecule has 1 aromatic rings. The lowest BCUT2D eigenvalue weighted by atomic mass is 9.91. The minimum atomic E-state index is -1.49. The molecule has 0 aliphatic rings. The Morgan fingerprint density at radius 2 is 2.04 bits per heavy atom. The van der Waals surface area contributed by atoms with Gasteiger partial charge in [-0.25, -0.2) is 0 Å². The number of nitrogens with one attached hydrogen (secondary N) is 1. The second kappa shape index (κ2) is 7.91. The Morgan fingerprint density at radius 1 is 1.42 bits per heavy atom. The standard InChI is InChI=1S/C15H23N3O5S/c1-6-14(2,3)24(22)17-15(4,8-13(19)23-5)11-7-12(18(20)21)10-16-9-11/h7,9-10,17H,6,8H2,1-5H3/t15-,24?/m0/s1. The highest BCUT2D eigenvalue weighted by Gasteiger charge is 2.41. The third-order valence-electron chi connectivity index (χ3n) is 3.97. The Labute approximate surface area is 144 Å². The SMILES string of the molecule is CCC(C)(C)[S+]([O-])N[C@@](C)(CC(=O)OC)c1cncc([N+](=O)[O-])c1. The van der Waals surface area contributed by atoms with E-state index in [0.29, 0.717) is 12.0 Å². The van der Waals surface area contributed by atoms with Gasteiger partial charge in [-0.3, -0.25) is 19.9 Å². The predicted molar refractivity (Wildman–Crippen MR) is 90.5 cm³/mol. The van der Waals surface area contributed by atoms with Crippen molar-refractivity contribution in [3.8, 4) is 0 Å². The van der Waals surface area contributed by atoms with E-state index < -0.39 is 32.5 Å². The summed E-state index contributed by atoms with van der Waals surface area (Å²) >= 11 is -1.49. The summed E-state index contributed by atoms with van der Waals surface area (Å²) in [6.45, 7) is 7.22. The number of nitro groups is 1. The number of methoxy groups -OCH3 is 1. The summed E-state index contributed by atoms with van der Waals surface area (Å²) in [5.41, 5.74) is -0.933. The Kier molecular flexibility index (Phi) is 6.70. The largest absolute Gasteiger partial charge is 0.598 e. The lowest BCUT2D eigenvalue weighted by molar-refractivity contribution is -0.385. The average molecular weight is 357 g/mol. The van der Waals surface area contributed by atoms with Gasteiger partial charge in [0.25, 0.3) is 5.69 Å². The van der Waals surface area contributed by atoms with Gasteiger partial charge in [0.1, 0.15) is 10.9 Å². The van der Waals surface area contributed by atoms with Gasteiger partial charge in [0, 0.05) is 29.2 Å². The molecule has 2 atom stereocenters. The molecule has 0 saturated heterocycles. The van der Waals surface area contributed by atoms with Gasteiger partial charge >= 0.3 is 5.97 Å². The molecule has 134 valence electrons. The number of carbonyl (C=O) groups is 1. The molecule has 9 heteroatoms. The van der Waals surface area contributed by atoms with Crippen molar-refractivity contribution in [3.05, 3.63) is 34.1 Å². The lowest BCUT2D eigenvalue weighted by Crippen LogP contribution is -2.51. The van der Waals surface area contributed by atoms with Crippen LogP contribution in [0.25, 0.3) is 0 Å². The predicted octanol–water partition coefficient (Wildman–Crippen LogP) is 2.21. The molecule has 0 fully saturated rings. The third-order valence-corrected chi connectivity index (χ3v) is 5.90. The maximum absolute atomic E-state index is 12.7. The molecule has 1 aromatic heterocycles. The normalized spacial score (nSPS) is 15.4. The molecule has 1 rings (SSSR count). The Bertz CT molecular complexity index is 611. The first kappa shape index (κ1) is 20.3. The van der Waals surface area contributed by atoms with Crippen LogP contribution in [0, 0.1) is 10.1 Å². The molecule has 0 amide bonds. The van der Waals surface area contributed by atoms with Gasteiger partial charge in [0.15, 0.2) is 0 Å². The van der Waals surface area contributed by atoms with Crippen LogP contribution in [0.3, 0.4) is 0 Å². The van der Waals surface area contributed by atoms with Crippen molar-refractivity contribution in [2.45, 2.75) is 50.8 Å². The maximum Gasteiger partial charge on any atom is 0.307 e. The minimum Gasteiger partial charge on any atom is -0.598 e. The summed E-state index contributed by atoms with van der Waals surface area (Å²) < 4.78 is 19.8. The lowest BCUT2D eigenvalue weighted by Gasteiger charge is -2.35. The summed E-state index contributed by atoms with van der Waals surface area (Å²) in [6, 6.07) is 1.32. The zero-order valence-electron chi connectivity index (χ0n) is 14.5. The monoisotopic (exact) mass is 357 g/mol. The zero-order valence-corrected chi connectivity index (χ0v) is 15.3. The second-order valence-corrected chi connectivity index (χ2v) is 8.10. The average Bonchev–Trinajstić information content (AvgIpc) is 2.54. The van der Waals surface area contributed by atoms with Gasteiger partial charge in [0.2, 0.25) is 0 Å². The molecule has 0 radical (unpaired) electrons. The van der Waals surface area contributed by atoms with Crippen LogP contribution >= 0.6 is 0 Å². The smallest absolute Gasteiger partial charge is 0.307 e. The number of rotatable bonds is 8. The molecule has 0 aromatic carbocycles. The summed E-state index contributed by atoms with van der Waals surface area (Å²) in [5.74, 6) is -0.525. The molecule has 8 nitrogen and oxygen atoms in total. The highest BCUT2D eigenvalue weighted by Crippen LogP contribution is 2.31. The first-order chi connectivity index (χ1) is 11.1. The van der Waals surface area contributed by atoms with Gasteiger partial charge in [-0.15, -0.1) is 4.72 Å². The highest BCUT2D eigenvalue weighted by molar-refractivity contribution is 7.90. The molecule has 24 heavy (non-hydrogen) atoms. The van der Waals surface area contributed by atoms with Gasteiger partial charge in [0.05, 0.1) is 24.0 Å². The Morgan fingerprint density at radius 3 is 2.54 bits per heavy atom. The van der Waals surface area contributed by atoms with E-state index in [4.69, 9.17) is 4.74 Å². The molecule has 1 heterocycles. The molecule has 0 saturated carbocycles. The van der Waals surface area contributed by atoms with E-state index in [1.807, 2.05) is 20.8 Å². The van der Waals surface area contributed by atoms with Gasteiger partial charge in [-0.2, -0.15) is 0 Å². The number of aromatic nitrogens is 1. The van der Waals surface area contributed by atoms with Crippen LogP contribution in [0.5, 0.6) is 0 Å². The number of pyridine rings is 1. The van der Waals surface area contributed by atoms with E-state index in [0.717, 1.165) is 6.20 Å². The van der Waals surface area contributed by atoms with Crippen molar-refractivity contribution in [1.29, 1.82) is 0 Å². The second-order valence-electron chi connectivity index (χ2n) is 6.26. The van der Waals surface area contributed by atoms with Crippen molar-refractivity contribution < 1.29 is 19.0 Å². The Hall–Kier alpha value is -1.71. The number of carbonyl (C=O) groups excluding carboxylic acids is 1. The highest BCUT2D eigenvalue weighted by atomic mass is 32.2. The van der Waals surface area contributed by atoms with E-state index in [-0.39, 0.29) is 12.1 Å². The molecule has 0 aliphatic heterocycles. The van der Waals surface area contributed by atoms with Gasteiger partial charge in [-0.05, 0) is 27.2 Å². The maximum atomic E-state index is 12.7. The van der Waals surface area contributed by atoms with E-state index in [2.05, 4.69) is 9.71 Å². The fourth-order valence-corrected chi connectivity index (χ4v) is 3.00. The van der Waals surface area contributed by atoms with Crippen molar-refractivity contribution in [3.63, 3.8) is 0 Å². The molecule has 1 N–H and O–H groups in total. The van der Waals surface area contributed by atoms with E-state index >= 15 is 0 Å². The van der Waals surface area contributed by atoms with Crippen molar-refractivity contribution >= 4 is 23.0 Å². The molecule has 0 spiro atoms. The number of ether oxygens (including phenoxy) is 1. The van der Waals surface area contributed by atoms with Crippen molar-refractivity contribution in [2.24, 2.45) is 0 Å². The van der Waals surface area contributed by atoms with Crippen LogP contribution in [-0.4, -0.2) is 32.3 Å². The summed E-state index contributed by atoms with van der Waals surface area (Å²) in [4.78, 5) is 26.1. The van der Waals surface area contributed by atoms with E-state index in [9.17, 15) is 19.5 Å². The van der Waals surface area contributed by atoms with E-state index in [1.54, 1.807) is 6.92 Å². The first-order valence-electron chi connectivity index (χ1n) is 7.42. The van der Waals surface area contributed by atoms with E-state index in [1.165, 1.54) is 19.4 Å². The molecule has 0 bridgehead atoms. The topological polar surface area (TPSA) is 117 Å². The van der Waals surface area contributed by atoms with Crippen LogP contribution in [0.1, 0.15) is 46.1 Å². The van der Waals surface area contributed by atoms with Crippen molar-refractivity contribution in [2.75, 3.05) is 7.11 Å². The summed E-state index contributed by atoms with van der Waals surface area (Å²) in [5, 5.41) is 11.0. The van der Waals surface area contributed by atoms with Crippen molar-refractivity contribution in [1.82, 2.24) is 9.71 Å². The van der Waals surface area contributed by atoms with Gasteiger partial charge in [-0.1, -0.05) is 6.92 Å². The summed E-state index contributed by atoms with van der Waals surface area (Å²) in [6.07, 6.45) is 3.04. The minimum absolute atomic E-state index is 0.141. The van der Waals surface area contributed by atoms with Crippen LogP contribution in [0.4, 0.5) is 5.69 Å². The molecule has 1 unspecified atom stereocenters. The quantitative estimate of drug-likeness (QED) is 0.328. The molecular formula is C15H23N3O5S. The first-order valence-corrected chi connectivity index (χ1v) is 8.57. The third kappa shape index (κ3) is 4.89. The molecule has 0 aliphatic carbocycles. The Balaban J connectivity index is 3.26.